The largest absolute Gasteiger partial charge is 0.375 e. The number of anilines is 2. The van der Waals surface area contributed by atoms with Gasteiger partial charge in [0.05, 0.1) is 28.5 Å². The minimum absolute atomic E-state index is 0.00377. The summed E-state index contributed by atoms with van der Waals surface area (Å²) < 4.78 is 7.14. The van der Waals surface area contributed by atoms with Crippen LogP contribution in [0, 0.1) is 20.8 Å². The van der Waals surface area contributed by atoms with Crippen molar-refractivity contribution >= 4 is 46.2 Å². The fourth-order valence-electron chi connectivity index (χ4n) is 5.30. The molecule has 2 aromatic carbocycles. The molecular formula is C30H30ClN5O2S. The third-order valence-corrected chi connectivity index (χ3v) is 7.65. The van der Waals surface area contributed by atoms with Crippen molar-refractivity contribution < 1.29 is 9.53 Å². The lowest BCUT2D eigenvalue weighted by Gasteiger charge is -2.29. The van der Waals surface area contributed by atoms with E-state index in [9.17, 15) is 4.79 Å². The van der Waals surface area contributed by atoms with Gasteiger partial charge in [-0.1, -0.05) is 29.8 Å². The fraction of sp³-hybridized carbons (Fsp3) is 0.233. The number of amides is 1. The summed E-state index contributed by atoms with van der Waals surface area (Å²) in [6.45, 7) is 6.16. The van der Waals surface area contributed by atoms with E-state index in [1.807, 2.05) is 67.6 Å². The standard InChI is InChI=1S/C30H30ClN5O2S/c1-18-15-21(12-13-24(18)33-27(37)17-38-4)36-29(28(34-30(36)39)25-10-7-8-14-32-25)22-16-19(2)35(20(22)3)26-11-6-5-9-23(26)31/h5-16,28-29H,17H2,1-4H3,(H,33,37)(H,34,39)/t28-,29-/m1/s1. The van der Waals surface area contributed by atoms with Gasteiger partial charge in [-0.05, 0) is 92.6 Å². The van der Waals surface area contributed by atoms with E-state index in [1.54, 1.807) is 6.20 Å². The Bertz CT molecular complexity index is 1540. The summed E-state index contributed by atoms with van der Waals surface area (Å²) in [5, 5.41) is 7.73. The lowest BCUT2D eigenvalue weighted by atomic mass is 9.96. The summed E-state index contributed by atoms with van der Waals surface area (Å²) in [6.07, 6.45) is 1.80. The second kappa shape index (κ2) is 11.2. The number of halogens is 1. The lowest BCUT2D eigenvalue weighted by molar-refractivity contribution is -0.119. The van der Waals surface area contributed by atoms with E-state index < -0.39 is 0 Å². The number of nitrogens with zero attached hydrogens (tertiary/aromatic N) is 3. The molecule has 1 aliphatic rings. The quantitative estimate of drug-likeness (QED) is 0.262. The van der Waals surface area contributed by atoms with Crippen molar-refractivity contribution in [3.05, 3.63) is 106 Å². The predicted octanol–water partition coefficient (Wildman–Crippen LogP) is 6.21. The maximum atomic E-state index is 12.1. The number of aromatic nitrogens is 2. The Kier molecular flexibility index (Phi) is 7.70. The average molecular weight is 560 g/mol. The monoisotopic (exact) mass is 559 g/mol. The van der Waals surface area contributed by atoms with E-state index in [4.69, 9.17) is 28.6 Å². The summed E-state index contributed by atoms with van der Waals surface area (Å²) >= 11 is 12.5. The van der Waals surface area contributed by atoms with Gasteiger partial charge in [-0.15, -0.1) is 0 Å². The Balaban J connectivity index is 1.62. The zero-order valence-electron chi connectivity index (χ0n) is 22.2. The molecule has 2 aromatic heterocycles. The van der Waals surface area contributed by atoms with Crippen LogP contribution in [0.25, 0.3) is 5.69 Å². The Labute approximate surface area is 238 Å². The van der Waals surface area contributed by atoms with Crippen LogP contribution in [0.3, 0.4) is 0 Å². The smallest absolute Gasteiger partial charge is 0.250 e. The van der Waals surface area contributed by atoms with E-state index >= 15 is 0 Å². The summed E-state index contributed by atoms with van der Waals surface area (Å²) in [4.78, 5) is 18.9. The highest BCUT2D eigenvalue weighted by molar-refractivity contribution is 7.80. The van der Waals surface area contributed by atoms with Gasteiger partial charge in [-0.2, -0.15) is 0 Å². The number of nitrogens with one attached hydrogen (secondary N) is 2. The number of thiocarbonyl (C=S) groups is 1. The number of hydrogen-bond donors (Lipinski definition) is 2. The first-order valence-corrected chi connectivity index (χ1v) is 13.4. The summed E-state index contributed by atoms with van der Waals surface area (Å²) in [6, 6.07) is 21.5. The number of rotatable bonds is 7. The Morgan fingerprint density at radius 2 is 1.87 bits per heavy atom. The molecule has 0 saturated carbocycles. The molecule has 1 fully saturated rings. The fourth-order valence-corrected chi connectivity index (χ4v) is 5.86. The summed E-state index contributed by atoms with van der Waals surface area (Å²) in [5.41, 5.74) is 7.65. The molecule has 2 N–H and O–H groups in total. The third-order valence-electron chi connectivity index (χ3n) is 7.02. The van der Waals surface area contributed by atoms with Crippen molar-refractivity contribution in [2.45, 2.75) is 32.9 Å². The number of hydrogen-bond acceptors (Lipinski definition) is 4. The Hall–Kier alpha value is -3.72. The first-order valence-electron chi connectivity index (χ1n) is 12.6. The van der Waals surface area contributed by atoms with E-state index in [0.29, 0.717) is 10.1 Å². The molecule has 1 aliphatic heterocycles. The van der Waals surface area contributed by atoms with Gasteiger partial charge in [-0.3, -0.25) is 9.78 Å². The summed E-state index contributed by atoms with van der Waals surface area (Å²) in [7, 11) is 1.50. The predicted molar refractivity (Wildman–Crippen MR) is 160 cm³/mol. The first kappa shape index (κ1) is 26.9. The number of methoxy groups -OCH3 is 1. The molecule has 0 unspecified atom stereocenters. The molecule has 0 spiro atoms. The maximum absolute atomic E-state index is 12.1. The molecule has 5 rings (SSSR count). The van der Waals surface area contributed by atoms with Crippen LogP contribution >= 0.6 is 23.8 Å². The highest BCUT2D eigenvalue weighted by Crippen LogP contribution is 2.44. The molecule has 200 valence electrons. The van der Waals surface area contributed by atoms with Crippen LogP contribution in [0.2, 0.25) is 5.02 Å². The molecule has 2 atom stereocenters. The van der Waals surface area contributed by atoms with Gasteiger partial charge in [0.2, 0.25) is 5.91 Å². The topological polar surface area (TPSA) is 71.4 Å². The number of carbonyl (C=O) groups excluding carboxylic acids is 1. The molecule has 0 bridgehead atoms. The highest BCUT2D eigenvalue weighted by atomic mass is 35.5. The molecule has 0 radical (unpaired) electrons. The number of aryl methyl sites for hydroxylation is 2. The first-order chi connectivity index (χ1) is 18.8. The van der Waals surface area contributed by atoms with Crippen LogP contribution in [0.1, 0.15) is 40.3 Å². The second-order valence-corrected chi connectivity index (χ2v) is 10.4. The number of carbonyl (C=O) groups is 1. The van der Waals surface area contributed by atoms with Gasteiger partial charge in [0, 0.05) is 36.1 Å². The number of ether oxygens (including phenoxy) is 1. The van der Waals surface area contributed by atoms with Crippen LogP contribution in [0.15, 0.2) is 72.9 Å². The normalized spacial score (nSPS) is 16.8. The van der Waals surface area contributed by atoms with Crippen LogP contribution in [0.4, 0.5) is 11.4 Å². The average Bonchev–Trinajstić information content (AvgIpc) is 3.41. The molecule has 3 heterocycles. The zero-order chi connectivity index (χ0) is 27.7. The number of benzene rings is 2. The SMILES string of the molecule is COCC(=O)Nc1ccc(N2C(=S)N[C@H](c3ccccn3)[C@H]2c2cc(C)n(-c3ccccc3Cl)c2C)cc1C. The van der Waals surface area contributed by atoms with Crippen molar-refractivity contribution in [1.29, 1.82) is 0 Å². The molecular weight excluding hydrogens is 530 g/mol. The van der Waals surface area contributed by atoms with Crippen molar-refractivity contribution in [2.24, 2.45) is 0 Å². The van der Waals surface area contributed by atoms with Crippen LogP contribution in [-0.2, 0) is 9.53 Å². The van der Waals surface area contributed by atoms with Crippen LogP contribution in [-0.4, -0.2) is 34.3 Å². The van der Waals surface area contributed by atoms with Crippen LogP contribution in [0.5, 0.6) is 0 Å². The molecule has 7 nitrogen and oxygen atoms in total. The van der Waals surface area contributed by atoms with Crippen molar-refractivity contribution in [1.82, 2.24) is 14.9 Å². The van der Waals surface area contributed by atoms with E-state index in [1.165, 1.54) is 7.11 Å². The number of para-hydroxylation sites is 1. The summed E-state index contributed by atoms with van der Waals surface area (Å²) in [5.74, 6) is -0.202. The highest BCUT2D eigenvalue weighted by Gasteiger charge is 2.42. The second-order valence-electron chi connectivity index (χ2n) is 9.59. The van der Waals surface area contributed by atoms with Gasteiger partial charge in [0.15, 0.2) is 5.11 Å². The number of pyridine rings is 1. The minimum atomic E-state index is -0.202. The molecule has 1 amide bonds. The Morgan fingerprint density at radius 3 is 2.56 bits per heavy atom. The minimum Gasteiger partial charge on any atom is -0.375 e. The van der Waals surface area contributed by atoms with E-state index in [0.717, 1.165) is 45.3 Å². The third kappa shape index (κ3) is 5.15. The maximum Gasteiger partial charge on any atom is 0.250 e. The van der Waals surface area contributed by atoms with Gasteiger partial charge in [0.25, 0.3) is 0 Å². The van der Waals surface area contributed by atoms with E-state index in [-0.39, 0.29) is 24.6 Å². The molecule has 4 aromatic rings. The van der Waals surface area contributed by atoms with Gasteiger partial charge in [-0.25, -0.2) is 0 Å². The van der Waals surface area contributed by atoms with E-state index in [2.05, 4.69) is 45.0 Å². The van der Waals surface area contributed by atoms with Gasteiger partial charge in [0.1, 0.15) is 6.61 Å². The van der Waals surface area contributed by atoms with Crippen molar-refractivity contribution in [2.75, 3.05) is 23.9 Å². The molecule has 1 saturated heterocycles. The molecule has 39 heavy (non-hydrogen) atoms. The van der Waals surface area contributed by atoms with Gasteiger partial charge >= 0.3 is 0 Å². The molecule has 9 heteroatoms. The van der Waals surface area contributed by atoms with Crippen molar-refractivity contribution in [3.8, 4) is 5.69 Å². The lowest BCUT2D eigenvalue weighted by Crippen LogP contribution is -2.29. The van der Waals surface area contributed by atoms with Crippen LogP contribution < -0.4 is 15.5 Å². The van der Waals surface area contributed by atoms with Gasteiger partial charge < -0.3 is 24.8 Å². The molecule has 0 aliphatic carbocycles. The Morgan fingerprint density at radius 1 is 1.10 bits per heavy atom. The van der Waals surface area contributed by atoms with Crippen molar-refractivity contribution in [3.63, 3.8) is 0 Å². The zero-order valence-corrected chi connectivity index (χ0v) is 23.8.